The number of nitrogen functional groups attached to an aromatic ring is 2. The molecule has 0 spiro atoms. The zero-order chi connectivity index (χ0) is 9.14. The summed E-state index contributed by atoms with van der Waals surface area (Å²) in [4.78, 5) is 18.6. The Kier molecular flexibility index (Phi) is 2.25. The first-order chi connectivity index (χ1) is 5.65. The summed E-state index contributed by atoms with van der Waals surface area (Å²) in [6, 6.07) is 0. The second-order valence-corrected chi connectivity index (χ2v) is 2.22. The van der Waals surface area contributed by atoms with Crippen molar-refractivity contribution in [3.63, 3.8) is 0 Å². The van der Waals surface area contributed by atoms with Gasteiger partial charge in [0.25, 0.3) is 5.91 Å². The quantitative estimate of drug-likeness (QED) is 0.177. The maximum absolute atomic E-state index is 11.0. The molecule has 5 N–H and O–H groups in total. The molecule has 0 aliphatic rings. The summed E-state index contributed by atoms with van der Waals surface area (Å²) in [5.41, 5.74) is 7.97. The number of nitrogens with zero attached hydrogens (tertiary/aromatic N) is 2. The second kappa shape index (κ2) is 3.18. The van der Waals surface area contributed by atoms with Crippen LogP contribution in [-0.2, 0) is 0 Å². The van der Waals surface area contributed by atoms with Crippen molar-refractivity contribution in [2.75, 3.05) is 5.73 Å². The average molecular weight is 165 g/mol. The average Bonchev–Trinajstić information content (AvgIpc) is 2.08. The van der Waals surface area contributed by atoms with E-state index in [1.807, 2.05) is 5.43 Å². The van der Waals surface area contributed by atoms with Gasteiger partial charge < -0.3 is 5.73 Å². The van der Waals surface area contributed by atoms with E-state index in [4.69, 9.17) is 11.6 Å². The number of carbonyl (C=O) groups is 1. The van der Waals surface area contributed by atoms with Crippen LogP contribution in [0.4, 0.5) is 5.82 Å². The predicted molar refractivity (Wildman–Crippen MR) is 46.3 cm³/mol. The van der Waals surface area contributed by atoms with Gasteiger partial charge in [0.1, 0.15) is 0 Å². The molecule has 62 valence electrons. The molecule has 1 amide bonds. The number of amides is 1. The molecule has 6 nitrogen and oxygen atoms in total. The smallest absolute Gasteiger partial charge is 0.287 e. The molecule has 0 aliphatic heterocycles. The lowest BCUT2D eigenvalue weighted by molar-refractivity contribution is 0.0949. The van der Waals surface area contributed by atoms with Crippen LogP contribution in [0.1, 0.15) is 10.5 Å². The fourth-order valence-corrected chi connectivity index (χ4v) is 0.722. The van der Waals surface area contributed by atoms with Gasteiger partial charge in [0.05, 0.1) is 0 Å². The van der Waals surface area contributed by atoms with Gasteiger partial charge in [0.2, 0.25) is 0 Å². The molecule has 0 bridgehead atoms. The minimum absolute atomic E-state index is 0.0532. The molecule has 1 rings (SSSR count). The highest BCUT2D eigenvalue weighted by molar-refractivity contribution is 6.30. The van der Waals surface area contributed by atoms with Gasteiger partial charge >= 0.3 is 0 Å². The van der Waals surface area contributed by atoms with Gasteiger partial charge in [-0.2, -0.15) is 0 Å². The van der Waals surface area contributed by atoms with Gasteiger partial charge in [0, 0.05) is 11.8 Å². The highest BCUT2D eigenvalue weighted by atomic mass is 16.2. The number of nitrogens with two attached hydrogens (primary N) is 2. The molecule has 1 heterocycles. The fraction of sp³-hybridized carbons (Fsp3) is 0. The summed E-state index contributed by atoms with van der Waals surface area (Å²) in [5.74, 6) is 4.43. The van der Waals surface area contributed by atoms with Crippen LogP contribution in [0.15, 0.2) is 6.20 Å². The lowest BCUT2D eigenvalue weighted by Gasteiger charge is -2.02. The van der Waals surface area contributed by atoms with E-state index in [1.165, 1.54) is 6.20 Å². The third-order valence-corrected chi connectivity index (χ3v) is 1.27. The normalized spacial score (nSPS) is 9.42. The molecule has 0 aliphatic carbocycles. The number of aromatic nitrogens is 2. The minimum atomic E-state index is -0.538. The van der Waals surface area contributed by atoms with Gasteiger partial charge in [0.15, 0.2) is 19.4 Å². The maximum atomic E-state index is 11.0. The third-order valence-electron chi connectivity index (χ3n) is 1.27. The van der Waals surface area contributed by atoms with Crippen molar-refractivity contribution >= 4 is 25.2 Å². The van der Waals surface area contributed by atoms with Crippen LogP contribution in [0, 0.1) is 0 Å². The fourth-order valence-electron chi connectivity index (χ4n) is 0.722. The van der Waals surface area contributed by atoms with Gasteiger partial charge in [-0.1, -0.05) is 0 Å². The molecular weight excluding hydrogens is 157 g/mol. The van der Waals surface area contributed by atoms with Crippen LogP contribution in [0.2, 0.25) is 0 Å². The van der Waals surface area contributed by atoms with E-state index in [1.54, 1.807) is 7.85 Å². The van der Waals surface area contributed by atoms with E-state index >= 15 is 0 Å². The largest absolute Gasteiger partial charge is 0.382 e. The molecule has 0 atom stereocenters. The Labute approximate surface area is 69.7 Å². The number of nitrogens with one attached hydrogen (secondary N) is 1. The maximum Gasteiger partial charge on any atom is 0.287 e. The van der Waals surface area contributed by atoms with Crippen LogP contribution in [0.3, 0.4) is 0 Å². The molecule has 0 saturated carbocycles. The standard InChI is InChI=1S/C5H8BN5O/c6-2-1-9-4(7)3(10-2)5(12)11-8/h1H,6,8H2,(H2,7,9)(H,11,12). The monoisotopic (exact) mass is 165 g/mol. The molecule has 12 heavy (non-hydrogen) atoms. The number of hydrogen-bond acceptors (Lipinski definition) is 5. The number of hydrazine groups is 1. The first-order valence-electron chi connectivity index (χ1n) is 3.25. The second-order valence-electron chi connectivity index (χ2n) is 2.22. The predicted octanol–water partition coefficient (Wildman–Crippen LogP) is -3.08. The van der Waals surface area contributed by atoms with Crippen LogP contribution < -0.4 is 22.6 Å². The van der Waals surface area contributed by atoms with Crippen molar-refractivity contribution in [2.24, 2.45) is 5.84 Å². The summed E-state index contributed by atoms with van der Waals surface area (Å²) in [6.45, 7) is 0. The number of rotatable bonds is 1. The van der Waals surface area contributed by atoms with Crippen molar-refractivity contribution in [1.29, 1.82) is 0 Å². The molecule has 0 saturated heterocycles. The molecule has 1 aromatic heterocycles. The van der Waals surface area contributed by atoms with Crippen molar-refractivity contribution < 1.29 is 4.79 Å². The highest BCUT2D eigenvalue weighted by Crippen LogP contribution is 1.99. The summed E-state index contributed by atoms with van der Waals surface area (Å²) >= 11 is 0. The van der Waals surface area contributed by atoms with Crippen molar-refractivity contribution in [3.05, 3.63) is 11.9 Å². The van der Waals surface area contributed by atoms with Crippen LogP contribution in [0.25, 0.3) is 0 Å². The molecule has 0 radical (unpaired) electrons. The number of anilines is 1. The Morgan fingerprint density at radius 3 is 2.92 bits per heavy atom. The van der Waals surface area contributed by atoms with Gasteiger partial charge in [-0.15, -0.1) is 0 Å². The highest BCUT2D eigenvalue weighted by Gasteiger charge is 2.10. The number of hydrogen-bond donors (Lipinski definition) is 3. The van der Waals surface area contributed by atoms with Gasteiger partial charge in [-0.3, -0.25) is 15.2 Å². The van der Waals surface area contributed by atoms with Crippen LogP contribution in [-0.4, -0.2) is 23.7 Å². The molecule has 0 aromatic carbocycles. The molecule has 0 unspecified atom stereocenters. The molecule has 1 aromatic rings. The SMILES string of the molecule is Bc1cnc(N)c(C(=O)NN)n1. The summed E-state index contributed by atoms with van der Waals surface area (Å²) in [7, 11) is 1.71. The van der Waals surface area contributed by atoms with Crippen molar-refractivity contribution in [3.8, 4) is 0 Å². The first-order valence-corrected chi connectivity index (χ1v) is 3.25. The topological polar surface area (TPSA) is 107 Å². The summed E-state index contributed by atoms with van der Waals surface area (Å²) < 4.78 is 0. The lowest BCUT2D eigenvalue weighted by Crippen LogP contribution is -2.33. The molecule has 7 heteroatoms. The minimum Gasteiger partial charge on any atom is -0.382 e. The van der Waals surface area contributed by atoms with Crippen LogP contribution in [0.5, 0.6) is 0 Å². The van der Waals surface area contributed by atoms with Crippen molar-refractivity contribution in [2.45, 2.75) is 0 Å². The molecule has 0 fully saturated rings. The Balaban J connectivity index is 3.13. The Morgan fingerprint density at radius 2 is 2.33 bits per heavy atom. The first kappa shape index (κ1) is 8.47. The van der Waals surface area contributed by atoms with E-state index in [2.05, 4.69) is 9.97 Å². The Morgan fingerprint density at radius 1 is 1.67 bits per heavy atom. The zero-order valence-corrected chi connectivity index (χ0v) is 6.53. The van der Waals surface area contributed by atoms with E-state index in [0.717, 1.165) is 0 Å². The van der Waals surface area contributed by atoms with Gasteiger partial charge in [-0.25, -0.2) is 10.8 Å². The van der Waals surface area contributed by atoms with E-state index in [9.17, 15) is 4.79 Å². The Bertz CT molecular complexity index is 315. The summed E-state index contributed by atoms with van der Waals surface area (Å²) in [6.07, 6.45) is 1.47. The van der Waals surface area contributed by atoms with E-state index in [-0.39, 0.29) is 11.5 Å². The van der Waals surface area contributed by atoms with E-state index in [0.29, 0.717) is 5.59 Å². The van der Waals surface area contributed by atoms with E-state index < -0.39 is 5.91 Å². The van der Waals surface area contributed by atoms with Crippen molar-refractivity contribution in [1.82, 2.24) is 15.4 Å². The molecular formula is C5H8BN5O. The lowest BCUT2D eigenvalue weighted by atomic mass is 10.1. The van der Waals surface area contributed by atoms with Crippen LogP contribution >= 0.6 is 0 Å². The number of carbonyl (C=O) groups excluding carboxylic acids is 1. The Hall–Kier alpha value is -1.63. The summed E-state index contributed by atoms with van der Waals surface area (Å²) in [5, 5.41) is 0. The third kappa shape index (κ3) is 1.51. The van der Waals surface area contributed by atoms with Gasteiger partial charge in [-0.05, 0) is 0 Å². The zero-order valence-electron chi connectivity index (χ0n) is 6.53.